The Kier molecular flexibility index (Phi) is 9.94. The van der Waals surface area contributed by atoms with Crippen LogP contribution >= 0.6 is 0 Å². The first kappa shape index (κ1) is 21.8. The molecule has 0 aromatic heterocycles. The molecule has 0 heterocycles. The number of carbonyl (C=O) groups excluding carboxylic acids is 1. The zero-order valence-corrected chi connectivity index (χ0v) is 16.9. The number of para-hydroxylation sites is 1. The molecule has 0 spiro atoms. The van der Waals surface area contributed by atoms with E-state index < -0.39 is 0 Å². The number of benzene rings is 2. The Bertz CT molecular complexity index is 700. The van der Waals surface area contributed by atoms with Crippen LogP contribution in [0.15, 0.2) is 48.5 Å². The van der Waals surface area contributed by atoms with Crippen molar-refractivity contribution in [3.05, 3.63) is 54.1 Å². The van der Waals surface area contributed by atoms with Crippen molar-refractivity contribution in [2.45, 2.75) is 39.5 Å². The van der Waals surface area contributed by atoms with Crippen molar-refractivity contribution in [1.82, 2.24) is 0 Å². The van der Waals surface area contributed by atoms with E-state index in [1.54, 1.807) is 12.1 Å². The van der Waals surface area contributed by atoms with Gasteiger partial charge in [-0.25, -0.2) is 0 Å². The summed E-state index contributed by atoms with van der Waals surface area (Å²) in [5, 5.41) is 2.91. The van der Waals surface area contributed by atoms with E-state index in [9.17, 15) is 4.79 Å². The first-order chi connectivity index (χ1) is 13.7. The summed E-state index contributed by atoms with van der Waals surface area (Å²) >= 11 is 0. The molecule has 2 rings (SSSR count). The van der Waals surface area contributed by atoms with Gasteiger partial charge in [-0.2, -0.15) is 0 Å². The van der Waals surface area contributed by atoms with Crippen molar-refractivity contribution in [2.24, 2.45) is 0 Å². The molecule has 0 saturated carbocycles. The lowest BCUT2D eigenvalue weighted by molar-refractivity contribution is 0.0998. The van der Waals surface area contributed by atoms with Crippen LogP contribution in [0.3, 0.4) is 0 Å². The van der Waals surface area contributed by atoms with Crippen LogP contribution in [0.4, 0.5) is 5.69 Å². The first-order valence-electron chi connectivity index (χ1n) is 10.1. The summed E-state index contributed by atoms with van der Waals surface area (Å²) in [5.74, 6) is 1.15. The quantitative estimate of drug-likeness (QED) is 0.475. The SMILES string of the molecule is CCCCCCOc1ccc(NC(=O)c2ccccc2OCCOCC)cc1. The predicted octanol–water partition coefficient (Wildman–Crippen LogP) is 5.31. The molecule has 0 bridgehead atoms. The minimum atomic E-state index is -0.208. The summed E-state index contributed by atoms with van der Waals surface area (Å²) in [7, 11) is 0. The second kappa shape index (κ2) is 12.8. The fourth-order valence-electron chi connectivity index (χ4n) is 2.69. The van der Waals surface area contributed by atoms with Crippen molar-refractivity contribution in [3.63, 3.8) is 0 Å². The summed E-state index contributed by atoms with van der Waals surface area (Å²) in [6, 6.07) is 14.6. The third-order valence-electron chi connectivity index (χ3n) is 4.20. The lowest BCUT2D eigenvalue weighted by atomic mass is 10.2. The van der Waals surface area contributed by atoms with E-state index in [1.807, 2.05) is 43.3 Å². The minimum Gasteiger partial charge on any atom is -0.494 e. The maximum atomic E-state index is 12.6. The number of anilines is 1. The van der Waals surface area contributed by atoms with Gasteiger partial charge in [-0.1, -0.05) is 38.3 Å². The van der Waals surface area contributed by atoms with E-state index in [-0.39, 0.29) is 5.91 Å². The molecule has 5 heteroatoms. The molecule has 0 unspecified atom stereocenters. The Labute approximate surface area is 168 Å². The van der Waals surface area contributed by atoms with Crippen LogP contribution in [-0.2, 0) is 4.74 Å². The van der Waals surface area contributed by atoms with Crippen molar-refractivity contribution in [3.8, 4) is 11.5 Å². The van der Waals surface area contributed by atoms with Gasteiger partial charge in [-0.05, 0) is 49.7 Å². The monoisotopic (exact) mass is 385 g/mol. The summed E-state index contributed by atoms with van der Waals surface area (Å²) in [5.41, 5.74) is 1.21. The number of hydrogen-bond donors (Lipinski definition) is 1. The molecule has 0 atom stereocenters. The van der Waals surface area contributed by atoms with E-state index in [1.165, 1.54) is 19.3 Å². The topological polar surface area (TPSA) is 56.8 Å². The Morgan fingerprint density at radius 1 is 0.857 bits per heavy atom. The number of ether oxygens (including phenoxy) is 3. The fourth-order valence-corrected chi connectivity index (χ4v) is 2.69. The molecule has 1 amide bonds. The molecule has 2 aromatic rings. The third-order valence-corrected chi connectivity index (χ3v) is 4.20. The predicted molar refractivity (Wildman–Crippen MR) is 112 cm³/mol. The molecule has 0 aliphatic carbocycles. The molecule has 0 aliphatic heterocycles. The van der Waals surface area contributed by atoms with E-state index >= 15 is 0 Å². The molecular formula is C23H31NO4. The molecule has 2 aromatic carbocycles. The molecule has 0 saturated heterocycles. The lowest BCUT2D eigenvalue weighted by Crippen LogP contribution is -2.15. The summed E-state index contributed by atoms with van der Waals surface area (Å²) < 4.78 is 16.7. The number of unbranched alkanes of at least 4 members (excludes halogenated alkanes) is 3. The highest BCUT2D eigenvalue weighted by Crippen LogP contribution is 2.21. The van der Waals surface area contributed by atoms with Crippen molar-refractivity contribution in [2.75, 3.05) is 31.7 Å². The zero-order chi connectivity index (χ0) is 20.0. The maximum Gasteiger partial charge on any atom is 0.259 e. The summed E-state index contributed by atoms with van der Waals surface area (Å²) in [6.07, 6.45) is 4.71. The summed E-state index contributed by atoms with van der Waals surface area (Å²) in [6.45, 7) is 6.39. The fraction of sp³-hybridized carbons (Fsp3) is 0.435. The van der Waals surface area contributed by atoms with Crippen molar-refractivity contribution >= 4 is 11.6 Å². The molecule has 1 N–H and O–H groups in total. The Hall–Kier alpha value is -2.53. The van der Waals surface area contributed by atoms with E-state index in [0.29, 0.717) is 36.8 Å². The van der Waals surface area contributed by atoms with Crippen LogP contribution in [-0.4, -0.2) is 32.3 Å². The molecule has 0 fully saturated rings. The minimum absolute atomic E-state index is 0.208. The van der Waals surface area contributed by atoms with Gasteiger partial charge in [0, 0.05) is 12.3 Å². The second-order valence-electron chi connectivity index (χ2n) is 6.43. The molecule has 0 aliphatic rings. The first-order valence-corrected chi connectivity index (χ1v) is 10.1. The van der Waals surface area contributed by atoms with Crippen LogP contribution in [0.2, 0.25) is 0 Å². The number of nitrogens with one attached hydrogen (secondary N) is 1. The van der Waals surface area contributed by atoms with Gasteiger partial charge >= 0.3 is 0 Å². The highest BCUT2D eigenvalue weighted by molar-refractivity contribution is 6.06. The van der Waals surface area contributed by atoms with Crippen molar-refractivity contribution < 1.29 is 19.0 Å². The zero-order valence-electron chi connectivity index (χ0n) is 16.9. The van der Waals surface area contributed by atoms with Gasteiger partial charge in [0.1, 0.15) is 18.1 Å². The molecule has 0 radical (unpaired) electrons. The normalized spacial score (nSPS) is 10.5. The van der Waals surface area contributed by atoms with Gasteiger partial charge in [-0.3, -0.25) is 4.79 Å². The van der Waals surface area contributed by atoms with Gasteiger partial charge in [0.05, 0.1) is 18.8 Å². The van der Waals surface area contributed by atoms with Gasteiger partial charge in [0.15, 0.2) is 0 Å². The smallest absolute Gasteiger partial charge is 0.259 e. The van der Waals surface area contributed by atoms with E-state index in [0.717, 1.165) is 18.8 Å². The molecule has 5 nitrogen and oxygen atoms in total. The third kappa shape index (κ3) is 7.61. The van der Waals surface area contributed by atoms with Gasteiger partial charge < -0.3 is 19.5 Å². The van der Waals surface area contributed by atoms with E-state index in [4.69, 9.17) is 14.2 Å². The highest BCUT2D eigenvalue weighted by Gasteiger charge is 2.12. The van der Waals surface area contributed by atoms with E-state index in [2.05, 4.69) is 12.2 Å². The van der Waals surface area contributed by atoms with Crippen LogP contribution in [0.25, 0.3) is 0 Å². The number of hydrogen-bond acceptors (Lipinski definition) is 4. The highest BCUT2D eigenvalue weighted by atomic mass is 16.5. The number of carbonyl (C=O) groups is 1. The lowest BCUT2D eigenvalue weighted by Gasteiger charge is -2.12. The average molecular weight is 386 g/mol. The van der Waals surface area contributed by atoms with Crippen LogP contribution in [0, 0.1) is 0 Å². The average Bonchev–Trinajstić information content (AvgIpc) is 2.72. The van der Waals surface area contributed by atoms with Crippen LogP contribution in [0.5, 0.6) is 11.5 Å². The molecular weight excluding hydrogens is 354 g/mol. The Morgan fingerprint density at radius 2 is 1.64 bits per heavy atom. The summed E-state index contributed by atoms with van der Waals surface area (Å²) in [4.78, 5) is 12.6. The number of amides is 1. The Balaban J connectivity index is 1.87. The van der Waals surface area contributed by atoms with Gasteiger partial charge in [-0.15, -0.1) is 0 Å². The second-order valence-corrected chi connectivity index (χ2v) is 6.43. The molecule has 152 valence electrons. The number of rotatable bonds is 13. The van der Waals surface area contributed by atoms with Crippen molar-refractivity contribution in [1.29, 1.82) is 0 Å². The van der Waals surface area contributed by atoms with Crippen LogP contribution in [0.1, 0.15) is 49.9 Å². The Morgan fingerprint density at radius 3 is 2.39 bits per heavy atom. The largest absolute Gasteiger partial charge is 0.494 e. The maximum absolute atomic E-state index is 12.6. The van der Waals surface area contributed by atoms with Gasteiger partial charge in [0.25, 0.3) is 5.91 Å². The van der Waals surface area contributed by atoms with Crippen LogP contribution < -0.4 is 14.8 Å². The van der Waals surface area contributed by atoms with Gasteiger partial charge in [0.2, 0.25) is 0 Å². The molecule has 28 heavy (non-hydrogen) atoms. The standard InChI is InChI=1S/C23H31NO4/c1-3-5-6-9-16-27-20-14-12-19(13-15-20)24-23(25)21-10-7-8-11-22(21)28-18-17-26-4-2/h7-8,10-15H,3-6,9,16-18H2,1-2H3,(H,24,25).